The van der Waals surface area contributed by atoms with Crippen molar-refractivity contribution in [2.24, 2.45) is 0 Å². The molecule has 2 aromatic heterocycles. The molecule has 1 amide bonds. The molecule has 9 heteroatoms. The minimum absolute atomic E-state index is 0.0690. The van der Waals surface area contributed by atoms with Crippen molar-refractivity contribution in [3.8, 4) is 0 Å². The number of thiophene rings is 1. The number of fused-ring (bicyclic) bond motifs is 1. The Bertz CT molecular complexity index is 1190. The van der Waals surface area contributed by atoms with E-state index in [9.17, 15) is 19.2 Å². The van der Waals surface area contributed by atoms with E-state index in [-0.39, 0.29) is 12.4 Å². The van der Waals surface area contributed by atoms with Gasteiger partial charge >= 0.3 is 5.97 Å². The van der Waals surface area contributed by atoms with Crippen LogP contribution in [0.4, 0.5) is 5.69 Å². The topological polar surface area (TPSA) is 107 Å². The molecule has 8 nitrogen and oxygen atoms in total. The molecule has 1 atom stereocenters. The van der Waals surface area contributed by atoms with Crippen molar-refractivity contribution in [2.75, 3.05) is 11.9 Å². The second kappa shape index (κ2) is 8.58. The van der Waals surface area contributed by atoms with Crippen LogP contribution in [0.25, 0.3) is 10.2 Å². The highest BCUT2D eigenvalue weighted by Crippen LogP contribution is 2.28. The van der Waals surface area contributed by atoms with Crippen molar-refractivity contribution in [3.63, 3.8) is 0 Å². The fraction of sp³-hybridized carbons (Fsp3) is 0.286. The van der Waals surface area contributed by atoms with Gasteiger partial charge in [-0.3, -0.25) is 19.0 Å². The van der Waals surface area contributed by atoms with E-state index < -0.39 is 23.5 Å². The zero-order valence-electron chi connectivity index (χ0n) is 17.0. The summed E-state index contributed by atoms with van der Waals surface area (Å²) in [6, 6.07) is 5.65. The average Bonchev–Trinajstić information content (AvgIpc) is 3.05. The first-order valence-corrected chi connectivity index (χ1v) is 10.2. The number of anilines is 1. The lowest BCUT2D eigenvalue weighted by atomic mass is 10.1. The highest BCUT2D eigenvalue weighted by atomic mass is 32.1. The van der Waals surface area contributed by atoms with Crippen LogP contribution in [0.2, 0.25) is 0 Å². The molecule has 3 aromatic rings. The standard InChI is InChI=1S/C21H21N3O5S/c1-5-29-21(28)17-11(2)16-19(30-17)22-10-24(20(16)27)12(3)18(26)23-15-8-6-14(7-9-15)13(4)25/h6-10,12H,5H2,1-4H3,(H,23,26). The first kappa shape index (κ1) is 21.4. The largest absolute Gasteiger partial charge is 0.462 e. The number of amides is 1. The fourth-order valence-corrected chi connectivity index (χ4v) is 4.00. The number of carbonyl (C=O) groups excluding carboxylic acids is 3. The number of nitrogens with one attached hydrogen (secondary N) is 1. The number of esters is 1. The van der Waals surface area contributed by atoms with Gasteiger partial charge in [0.05, 0.1) is 18.3 Å². The zero-order valence-corrected chi connectivity index (χ0v) is 17.8. The lowest BCUT2D eigenvalue weighted by molar-refractivity contribution is -0.118. The minimum Gasteiger partial charge on any atom is -0.462 e. The maximum Gasteiger partial charge on any atom is 0.348 e. The quantitative estimate of drug-likeness (QED) is 0.478. The molecule has 0 saturated heterocycles. The van der Waals surface area contributed by atoms with Crippen LogP contribution < -0.4 is 10.9 Å². The van der Waals surface area contributed by atoms with E-state index in [1.54, 1.807) is 45.0 Å². The molecule has 1 N–H and O–H groups in total. The van der Waals surface area contributed by atoms with Crippen molar-refractivity contribution in [1.82, 2.24) is 9.55 Å². The summed E-state index contributed by atoms with van der Waals surface area (Å²) in [4.78, 5) is 54.2. The van der Waals surface area contributed by atoms with Gasteiger partial charge in [-0.15, -0.1) is 11.3 Å². The number of nitrogens with zero attached hydrogens (tertiary/aromatic N) is 2. The third-order valence-electron chi connectivity index (χ3n) is 4.69. The van der Waals surface area contributed by atoms with Crippen LogP contribution in [0.1, 0.15) is 52.4 Å². The Morgan fingerprint density at radius 2 is 1.90 bits per heavy atom. The van der Waals surface area contributed by atoms with E-state index >= 15 is 0 Å². The van der Waals surface area contributed by atoms with Crippen LogP contribution in [0.15, 0.2) is 35.4 Å². The van der Waals surface area contributed by atoms with Gasteiger partial charge in [0.15, 0.2) is 5.78 Å². The molecule has 0 bridgehead atoms. The summed E-state index contributed by atoms with van der Waals surface area (Å²) >= 11 is 1.09. The minimum atomic E-state index is -0.841. The molecular weight excluding hydrogens is 406 g/mol. The number of Topliss-reactive ketones (excluding diaryl/α,β-unsaturated/α-hetero) is 1. The number of aryl methyl sites for hydroxylation is 1. The van der Waals surface area contributed by atoms with Gasteiger partial charge in [0.25, 0.3) is 5.56 Å². The fourth-order valence-electron chi connectivity index (χ4n) is 2.97. The lowest BCUT2D eigenvalue weighted by Gasteiger charge is -2.15. The number of hydrogen-bond acceptors (Lipinski definition) is 7. The maximum absolute atomic E-state index is 13.0. The number of hydrogen-bond donors (Lipinski definition) is 1. The van der Waals surface area contributed by atoms with Crippen LogP contribution in [0.3, 0.4) is 0 Å². The van der Waals surface area contributed by atoms with Gasteiger partial charge in [-0.25, -0.2) is 9.78 Å². The highest BCUT2D eigenvalue weighted by molar-refractivity contribution is 7.20. The molecule has 0 aliphatic carbocycles. The Labute approximate surface area is 176 Å². The van der Waals surface area contributed by atoms with Crippen molar-refractivity contribution in [3.05, 3.63) is 57.0 Å². The first-order chi connectivity index (χ1) is 14.2. The van der Waals surface area contributed by atoms with E-state index in [1.807, 2.05) is 0 Å². The maximum atomic E-state index is 13.0. The summed E-state index contributed by atoms with van der Waals surface area (Å²) in [6.07, 6.45) is 1.30. The monoisotopic (exact) mass is 427 g/mol. The molecule has 0 radical (unpaired) electrons. The summed E-state index contributed by atoms with van der Waals surface area (Å²) in [5, 5.41) is 3.03. The number of aromatic nitrogens is 2. The van der Waals surface area contributed by atoms with Gasteiger partial charge in [0.2, 0.25) is 5.91 Å². The average molecular weight is 427 g/mol. The Morgan fingerprint density at radius 1 is 1.23 bits per heavy atom. The van der Waals surface area contributed by atoms with Crippen LogP contribution in [-0.2, 0) is 9.53 Å². The second-order valence-corrected chi connectivity index (χ2v) is 7.71. The Hall–Kier alpha value is -3.33. The molecule has 0 spiro atoms. The SMILES string of the molecule is CCOC(=O)c1sc2ncn(C(C)C(=O)Nc3ccc(C(C)=O)cc3)c(=O)c2c1C. The highest BCUT2D eigenvalue weighted by Gasteiger charge is 2.23. The van der Waals surface area contributed by atoms with E-state index in [0.717, 1.165) is 11.3 Å². The molecule has 0 fully saturated rings. The van der Waals surface area contributed by atoms with Gasteiger partial charge in [-0.1, -0.05) is 0 Å². The molecule has 1 unspecified atom stereocenters. The van der Waals surface area contributed by atoms with Gasteiger partial charge in [0.1, 0.15) is 15.7 Å². The summed E-state index contributed by atoms with van der Waals surface area (Å²) in [7, 11) is 0. The molecule has 0 saturated carbocycles. The van der Waals surface area contributed by atoms with E-state index in [1.165, 1.54) is 17.8 Å². The number of ketones is 1. The predicted molar refractivity (Wildman–Crippen MR) is 114 cm³/mol. The summed E-state index contributed by atoms with van der Waals surface area (Å²) in [6.45, 7) is 6.65. The number of benzene rings is 1. The molecule has 0 aliphatic rings. The molecule has 1 aromatic carbocycles. The van der Waals surface area contributed by atoms with Crippen LogP contribution >= 0.6 is 11.3 Å². The third kappa shape index (κ3) is 4.02. The van der Waals surface area contributed by atoms with Gasteiger partial charge in [-0.2, -0.15) is 0 Å². The van der Waals surface area contributed by atoms with Crippen molar-refractivity contribution in [2.45, 2.75) is 33.7 Å². The van der Waals surface area contributed by atoms with E-state index in [0.29, 0.717) is 31.9 Å². The van der Waals surface area contributed by atoms with Gasteiger partial charge < -0.3 is 10.1 Å². The molecule has 0 aliphatic heterocycles. The molecule has 2 heterocycles. The number of rotatable bonds is 6. The predicted octanol–water partition coefficient (Wildman–Crippen LogP) is 3.35. The zero-order chi connectivity index (χ0) is 22.0. The van der Waals surface area contributed by atoms with Crippen molar-refractivity contribution >= 4 is 44.9 Å². The van der Waals surface area contributed by atoms with E-state index in [4.69, 9.17) is 4.74 Å². The second-order valence-electron chi connectivity index (χ2n) is 6.71. The Balaban J connectivity index is 1.89. The Kier molecular flexibility index (Phi) is 6.12. The molecule has 30 heavy (non-hydrogen) atoms. The number of carbonyl (C=O) groups is 3. The molecule has 156 valence electrons. The van der Waals surface area contributed by atoms with Crippen molar-refractivity contribution in [1.29, 1.82) is 0 Å². The lowest BCUT2D eigenvalue weighted by Crippen LogP contribution is -2.31. The van der Waals surface area contributed by atoms with Crippen LogP contribution in [0, 0.1) is 6.92 Å². The van der Waals surface area contributed by atoms with Gasteiger partial charge in [-0.05, 0) is 57.5 Å². The molecule has 3 rings (SSSR count). The normalized spacial score (nSPS) is 11.9. The number of ether oxygens (including phenoxy) is 1. The smallest absolute Gasteiger partial charge is 0.348 e. The van der Waals surface area contributed by atoms with Crippen molar-refractivity contribution < 1.29 is 19.1 Å². The van der Waals surface area contributed by atoms with Gasteiger partial charge in [0, 0.05) is 11.3 Å². The van der Waals surface area contributed by atoms with E-state index in [2.05, 4.69) is 10.3 Å². The Morgan fingerprint density at radius 3 is 2.50 bits per heavy atom. The summed E-state index contributed by atoms with van der Waals surface area (Å²) < 4.78 is 6.27. The van der Waals surface area contributed by atoms with Crippen LogP contribution in [-0.4, -0.2) is 33.8 Å². The summed E-state index contributed by atoms with van der Waals surface area (Å²) in [5.41, 5.74) is 1.14. The van der Waals surface area contributed by atoms with Crippen LogP contribution in [0.5, 0.6) is 0 Å². The third-order valence-corrected chi connectivity index (χ3v) is 5.87. The summed E-state index contributed by atoms with van der Waals surface area (Å²) in [5.74, 6) is -0.975. The first-order valence-electron chi connectivity index (χ1n) is 9.33. The molecular formula is C21H21N3O5S.